The van der Waals surface area contributed by atoms with Gasteiger partial charge in [0.2, 0.25) is 0 Å². The summed E-state index contributed by atoms with van der Waals surface area (Å²) in [7, 11) is 0. The Morgan fingerprint density at radius 3 is 1.93 bits per heavy atom. The highest BCUT2D eigenvalue weighted by atomic mass is 32.1. The van der Waals surface area contributed by atoms with Crippen LogP contribution in [0.25, 0.3) is 0 Å². The normalized spacial score (nSPS) is 11.1. The van der Waals surface area contributed by atoms with Crippen LogP contribution in [0.15, 0.2) is 0 Å². The molecule has 0 aromatic rings. The number of hydrogen-bond acceptors (Lipinski definition) is 2. The number of unbranched alkanes of at least 4 members (excludes halogenated alkanes) is 3. The summed E-state index contributed by atoms with van der Waals surface area (Å²) in [5, 5.41) is 0. The first-order valence-electron chi connectivity index (χ1n) is 6.18. The first-order valence-corrected chi connectivity index (χ1v) is 6.81. The Kier molecular flexibility index (Phi) is 11.6. The molecule has 0 aliphatic rings. The van der Waals surface area contributed by atoms with Crippen LogP contribution in [0.2, 0.25) is 0 Å². The summed E-state index contributed by atoms with van der Waals surface area (Å²) < 4.78 is 0. The fraction of sp³-hybridized carbons (Fsp3) is 1.00. The van der Waals surface area contributed by atoms with E-state index in [1.807, 2.05) is 0 Å². The fourth-order valence-electron chi connectivity index (χ4n) is 1.68. The summed E-state index contributed by atoms with van der Waals surface area (Å²) in [4.78, 5) is 2.61. The van der Waals surface area contributed by atoms with E-state index >= 15 is 0 Å². The molecule has 2 heteroatoms. The van der Waals surface area contributed by atoms with E-state index in [0.717, 1.165) is 5.75 Å². The molecule has 0 aliphatic carbocycles. The number of rotatable bonds is 10. The summed E-state index contributed by atoms with van der Waals surface area (Å²) in [6.45, 7) is 8.39. The monoisotopic (exact) mass is 217 g/mol. The van der Waals surface area contributed by atoms with Gasteiger partial charge in [-0.15, -0.1) is 0 Å². The molecule has 0 rings (SSSR count). The predicted molar refractivity (Wildman–Crippen MR) is 69.3 cm³/mol. The zero-order chi connectivity index (χ0) is 10.6. The smallest absolute Gasteiger partial charge is 0.00184 e. The highest BCUT2D eigenvalue weighted by Gasteiger charge is 2.02. The first kappa shape index (κ1) is 14.3. The van der Waals surface area contributed by atoms with E-state index < -0.39 is 0 Å². The van der Waals surface area contributed by atoms with Crippen LogP contribution in [0.5, 0.6) is 0 Å². The van der Waals surface area contributed by atoms with Gasteiger partial charge in [-0.05, 0) is 51.1 Å². The molecule has 0 fully saturated rings. The van der Waals surface area contributed by atoms with Crippen LogP contribution in [0.1, 0.15) is 52.4 Å². The maximum Gasteiger partial charge on any atom is -0.00184 e. The molecule has 0 aliphatic heterocycles. The Labute approximate surface area is 95.7 Å². The first-order chi connectivity index (χ1) is 6.85. The van der Waals surface area contributed by atoms with Crippen LogP contribution >= 0.6 is 12.6 Å². The minimum Gasteiger partial charge on any atom is -0.303 e. The minimum absolute atomic E-state index is 1.04. The van der Waals surface area contributed by atoms with E-state index in [9.17, 15) is 0 Å². The van der Waals surface area contributed by atoms with Crippen LogP contribution in [0.3, 0.4) is 0 Å². The van der Waals surface area contributed by atoms with Gasteiger partial charge in [-0.25, -0.2) is 0 Å². The molecule has 0 spiro atoms. The molecule has 0 N–H and O–H groups in total. The molecule has 0 radical (unpaired) electrons. The highest BCUT2D eigenvalue weighted by Crippen LogP contribution is 2.02. The largest absolute Gasteiger partial charge is 0.303 e. The average molecular weight is 217 g/mol. The van der Waals surface area contributed by atoms with Gasteiger partial charge in [-0.3, -0.25) is 0 Å². The van der Waals surface area contributed by atoms with E-state index in [1.165, 1.54) is 58.2 Å². The van der Waals surface area contributed by atoms with E-state index in [1.54, 1.807) is 0 Å². The van der Waals surface area contributed by atoms with Crippen molar-refractivity contribution in [2.24, 2.45) is 0 Å². The Morgan fingerprint density at radius 2 is 1.43 bits per heavy atom. The molecular formula is C12H27NS. The fourth-order valence-corrected chi connectivity index (χ4v) is 1.91. The zero-order valence-electron chi connectivity index (χ0n) is 9.97. The molecule has 0 heterocycles. The van der Waals surface area contributed by atoms with Gasteiger partial charge in [0, 0.05) is 0 Å². The lowest BCUT2D eigenvalue weighted by molar-refractivity contribution is 0.264. The standard InChI is InChI=1S/C12H27NS/c1-3-5-6-10-13(9-4-2)11-7-8-12-14/h14H,3-12H2,1-2H3. The highest BCUT2D eigenvalue weighted by molar-refractivity contribution is 7.80. The van der Waals surface area contributed by atoms with Crippen molar-refractivity contribution in [3.05, 3.63) is 0 Å². The van der Waals surface area contributed by atoms with Crippen molar-refractivity contribution in [3.63, 3.8) is 0 Å². The molecule has 86 valence electrons. The van der Waals surface area contributed by atoms with Gasteiger partial charge in [0.25, 0.3) is 0 Å². The second kappa shape index (κ2) is 11.4. The summed E-state index contributed by atoms with van der Waals surface area (Å²) in [6, 6.07) is 0. The molecule has 0 atom stereocenters. The second-order valence-electron chi connectivity index (χ2n) is 3.98. The number of thiol groups is 1. The van der Waals surface area contributed by atoms with Crippen molar-refractivity contribution < 1.29 is 0 Å². The topological polar surface area (TPSA) is 3.24 Å². The molecular weight excluding hydrogens is 190 g/mol. The van der Waals surface area contributed by atoms with Crippen molar-refractivity contribution in [3.8, 4) is 0 Å². The summed E-state index contributed by atoms with van der Waals surface area (Å²) in [5.41, 5.74) is 0. The molecule has 14 heavy (non-hydrogen) atoms. The summed E-state index contributed by atoms with van der Waals surface area (Å²) in [5.74, 6) is 1.04. The zero-order valence-corrected chi connectivity index (χ0v) is 10.9. The maximum atomic E-state index is 4.24. The van der Waals surface area contributed by atoms with Crippen LogP contribution in [-0.4, -0.2) is 30.3 Å². The minimum atomic E-state index is 1.04. The Hall–Kier alpha value is 0.310. The van der Waals surface area contributed by atoms with E-state index in [-0.39, 0.29) is 0 Å². The third-order valence-electron chi connectivity index (χ3n) is 2.50. The Balaban J connectivity index is 3.44. The Bertz CT molecular complexity index is 96.5. The van der Waals surface area contributed by atoms with Gasteiger partial charge >= 0.3 is 0 Å². The third-order valence-corrected chi connectivity index (χ3v) is 2.82. The average Bonchev–Trinajstić information content (AvgIpc) is 2.18. The van der Waals surface area contributed by atoms with E-state index in [0.29, 0.717) is 0 Å². The van der Waals surface area contributed by atoms with Crippen molar-refractivity contribution in [2.75, 3.05) is 25.4 Å². The van der Waals surface area contributed by atoms with Gasteiger partial charge in [0.1, 0.15) is 0 Å². The SMILES string of the molecule is CCCCCN(CCC)CCCCS. The third kappa shape index (κ3) is 8.89. The quantitative estimate of drug-likeness (QED) is 0.432. The number of hydrogen-bond donors (Lipinski definition) is 1. The van der Waals surface area contributed by atoms with Crippen LogP contribution < -0.4 is 0 Å². The van der Waals surface area contributed by atoms with Crippen molar-refractivity contribution in [1.29, 1.82) is 0 Å². The van der Waals surface area contributed by atoms with Gasteiger partial charge in [0.15, 0.2) is 0 Å². The molecule has 0 aromatic carbocycles. The van der Waals surface area contributed by atoms with Crippen LogP contribution in [0, 0.1) is 0 Å². The molecule has 1 nitrogen and oxygen atoms in total. The summed E-state index contributed by atoms with van der Waals surface area (Å²) >= 11 is 4.24. The maximum absolute atomic E-state index is 4.24. The molecule has 0 amide bonds. The number of nitrogens with zero attached hydrogens (tertiary/aromatic N) is 1. The van der Waals surface area contributed by atoms with Crippen molar-refractivity contribution in [1.82, 2.24) is 4.90 Å². The lowest BCUT2D eigenvalue weighted by Gasteiger charge is -2.21. The van der Waals surface area contributed by atoms with Crippen LogP contribution in [-0.2, 0) is 0 Å². The van der Waals surface area contributed by atoms with Gasteiger partial charge < -0.3 is 4.90 Å². The van der Waals surface area contributed by atoms with Crippen molar-refractivity contribution in [2.45, 2.75) is 52.4 Å². The van der Waals surface area contributed by atoms with E-state index in [4.69, 9.17) is 0 Å². The summed E-state index contributed by atoms with van der Waals surface area (Å²) in [6.07, 6.45) is 7.94. The molecule has 0 saturated carbocycles. The predicted octanol–water partition coefficient (Wildman–Crippen LogP) is 3.60. The Morgan fingerprint density at radius 1 is 0.786 bits per heavy atom. The molecule has 0 aromatic heterocycles. The molecule has 0 bridgehead atoms. The van der Waals surface area contributed by atoms with Gasteiger partial charge in [-0.1, -0.05) is 26.7 Å². The molecule has 0 saturated heterocycles. The van der Waals surface area contributed by atoms with E-state index in [2.05, 4.69) is 31.4 Å². The second-order valence-corrected chi connectivity index (χ2v) is 4.43. The van der Waals surface area contributed by atoms with Gasteiger partial charge in [0.05, 0.1) is 0 Å². The van der Waals surface area contributed by atoms with Crippen LogP contribution in [0.4, 0.5) is 0 Å². The lowest BCUT2D eigenvalue weighted by atomic mass is 10.2. The van der Waals surface area contributed by atoms with Crippen molar-refractivity contribution >= 4 is 12.6 Å². The molecule has 0 unspecified atom stereocenters. The lowest BCUT2D eigenvalue weighted by Crippen LogP contribution is -2.27. The van der Waals surface area contributed by atoms with Gasteiger partial charge in [-0.2, -0.15) is 12.6 Å².